The molecular weight excluding hydrogens is 427 g/mol. The zero-order chi connectivity index (χ0) is 19.0. The quantitative estimate of drug-likeness (QED) is 0.290. The third kappa shape index (κ3) is 12.7. The predicted molar refractivity (Wildman–Crippen MR) is 97.8 cm³/mol. The van der Waals surface area contributed by atoms with E-state index in [1.807, 2.05) is 13.8 Å². The Morgan fingerprint density at radius 1 is 0.667 bits per heavy atom. The fourth-order valence-corrected chi connectivity index (χ4v) is 3.18. The molecule has 0 spiro atoms. The van der Waals surface area contributed by atoms with Crippen LogP contribution in [0.25, 0.3) is 0 Å². The molecule has 0 heterocycles. The van der Waals surface area contributed by atoms with Crippen molar-refractivity contribution in [2.45, 2.75) is 90.9 Å². The minimum absolute atomic E-state index is 0. The number of hydrogen-bond donors (Lipinski definition) is 0. The van der Waals surface area contributed by atoms with E-state index in [-0.39, 0.29) is 50.0 Å². The number of hydrogen-bond acceptors (Lipinski definition) is 6. The summed E-state index contributed by atoms with van der Waals surface area (Å²) >= 11 is 0. The zero-order valence-electron chi connectivity index (χ0n) is 17.0. The topological polar surface area (TPSA) is 71.1 Å². The maximum atomic E-state index is 11.3. The van der Waals surface area contributed by atoms with E-state index >= 15 is 0 Å². The molecular formula is C20H36O6Zr. The fraction of sp³-hybridized carbons (Fsp3) is 0.900. The molecule has 156 valence electrons. The third-order valence-corrected chi connectivity index (χ3v) is 4.73. The summed E-state index contributed by atoms with van der Waals surface area (Å²) in [5.74, 6) is -0.169. The van der Waals surface area contributed by atoms with Crippen LogP contribution in [-0.2, 0) is 55.3 Å². The van der Waals surface area contributed by atoms with E-state index in [9.17, 15) is 9.59 Å². The largest absolute Gasteiger partial charge is 0.345 e. The van der Waals surface area contributed by atoms with Gasteiger partial charge in [0.25, 0.3) is 0 Å². The van der Waals surface area contributed by atoms with E-state index < -0.39 is 0 Å². The van der Waals surface area contributed by atoms with Crippen LogP contribution in [-0.4, -0.2) is 25.2 Å². The smallest absolute Gasteiger partial charge is 0.298 e. The van der Waals surface area contributed by atoms with Gasteiger partial charge in [-0.15, -0.1) is 0 Å². The van der Waals surface area contributed by atoms with Crippen molar-refractivity contribution in [3.05, 3.63) is 0 Å². The van der Waals surface area contributed by atoms with Crippen molar-refractivity contribution >= 4 is 11.9 Å². The van der Waals surface area contributed by atoms with Gasteiger partial charge in [-0.1, -0.05) is 52.4 Å². The average molecular weight is 464 g/mol. The van der Waals surface area contributed by atoms with E-state index in [1.165, 1.54) is 12.8 Å². The van der Waals surface area contributed by atoms with Crippen molar-refractivity contribution in [2.75, 3.05) is 13.2 Å². The minimum Gasteiger partial charge on any atom is -0.298 e. The van der Waals surface area contributed by atoms with Gasteiger partial charge in [-0.3, -0.25) is 9.78 Å². The minimum atomic E-state index is -0.173. The molecule has 0 aromatic heterocycles. The maximum Gasteiger partial charge on any atom is 0.345 e. The molecule has 27 heavy (non-hydrogen) atoms. The molecule has 0 unspecified atom stereocenters. The summed E-state index contributed by atoms with van der Waals surface area (Å²) in [5.41, 5.74) is 0. The fourth-order valence-electron chi connectivity index (χ4n) is 3.18. The van der Waals surface area contributed by atoms with Crippen molar-refractivity contribution < 1.29 is 55.3 Å². The van der Waals surface area contributed by atoms with Gasteiger partial charge in [0.1, 0.15) is 0 Å². The van der Waals surface area contributed by atoms with Crippen LogP contribution < -0.4 is 0 Å². The van der Waals surface area contributed by atoms with Gasteiger partial charge in [0.15, 0.2) is 0 Å². The van der Waals surface area contributed by atoms with Gasteiger partial charge < -0.3 is 0 Å². The van der Waals surface area contributed by atoms with Crippen LogP contribution in [0.5, 0.6) is 0 Å². The molecule has 2 aliphatic carbocycles. The molecule has 0 amide bonds. The van der Waals surface area contributed by atoms with Crippen LogP contribution in [0.3, 0.4) is 0 Å². The van der Waals surface area contributed by atoms with Crippen molar-refractivity contribution in [3.8, 4) is 0 Å². The Labute approximate surface area is 183 Å². The zero-order valence-corrected chi connectivity index (χ0v) is 19.5. The summed E-state index contributed by atoms with van der Waals surface area (Å²) in [4.78, 5) is 41.5. The molecule has 2 saturated carbocycles. The number of rotatable bonds is 8. The van der Waals surface area contributed by atoms with Crippen LogP contribution in [0, 0.1) is 11.8 Å². The summed E-state index contributed by atoms with van der Waals surface area (Å²) in [5, 5.41) is 0. The Kier molecular flexibility index (Phi) is 17.6. The first-order valence-electron chi connectivity index (χ1n) is 10.4. The number of carbonyl (C=O) groups excluding carboxylic acids is 2. The van der Waals surface area contributed by atoms with Gasteiger partial charge in [-0.05, 0) is 38.5 Å². The third-order valence-electron chi connectivity index (χ3n) is 4.73. The monoisotopic (exact) mass is 462 g/mol. The van der Waals surface area contributed by atoms with Crippen LogP contribution >= 0.6 is 0 Å². The SMILES string of the molecule is CCCOOC(=O)C1CCCCC1.CCCOOC(=O)C1CCCCC1.[Zr]. The van der Waals surface area contributed by atoms with E-state index in [4.69, 9.17) is 9.78 Å². The maximum absolute atomic E-state index is 11.3. The first kappa shape index (κ1) is 26.7. The number of carbonyl (C=O) groups is 2. The Balaban J connectivity index is 0.000000483. The van der Waals surface area contributed by atoms with E-state index in [0.717, 1.165) is 64.2 Å². The molecule has 0 aromatic rings. The van der Waals surface area contributed by atoms with E-state index in [2.05, 4.69) is 9.78 Å². The molecule has 0 aliphatic heterocycles. The molecule has 0 bridgehead atoms. The summed E-state index contributed by atoms with van der Waals surface area (Å²) in [6, 6.07) is 0. The molecule has 2 rings (SSSR count). The molecule has 2 fully saturated rings. The summed E-state index contributed by atoms with van der Waals surface area (Å²) < 4.78 is 0. The van der Waals surface area contributed by atoms with Crippen molar-refractivity contribution in [1.82, 2.24) is 0 Å². The van der Waals surface area contributed by atoms with Crippen molar-refractivity contribution in [1.29, 1.82) is 0 Å². The molecule has 0 aromatic carbocycles. The Morgan fingerprint density at radius 3 is 1.30 bits per heavy atom. The molecule has 0 atom stereocenters. The van der Waals surface area contributed by atoms with Gasteiger partial charge in [0, 0.05) is 26.2 Å². The van der Waals surface area contributed by atoms with Crippen molar-refractivity contribution in [2.24, 2.45) is 11.8 Å². The normalized spacial score (nSPS) is 17.9. The van der Waals surface area contributed by atoms with Gasteiger partial charge in [0.2, 0.25) is 0 Å². The van der Waals surface area contributed by atoms with E-state index in [1.54, 1.807) is 0 Å². The Hall–Kier alpha value is -0.257. The van der Waals surface area contributed by atoms with Gasteiger partial charge in [-0.2, -0.15) is 9.78 Å². The molecule has 0 saturated heterocycles. The van der Waals surface area contributed by atoms with Crippen LogP contribution in [0.1, 0.15) is 90.9 Å². The van der Waals surface area contributed by atoms with Gasteiger partial charge in [-0.25, -0.2) is 9.59 Å². The molecule has 0 N–H and O–H groups in total. The Morgan fingerprint density at radius 2 is 1.00 bits per heavy atom. The second-order valence-electron chi connectivity index (χ2n) is 7.12. The van der Waals surface area contributed by atoms with Gasteiger partial charge in [0.05, 0.1) is 25.0 Å². The van der Waals surface area contributed by atoms with E-state index in [0.29, 0.717) is 13.2 Å². The average Bonchev–Trinajstić information content (AvgIpc) is 2.70. The molecule has 6 nitrogen and oxygen atoms in total. The summed E-state index contributed by atoms with van der Waals surface area (Å²) in [6.45, 7) is 4.96. The summed E-state index contributed by atoms with van der Waals surface area (Å²) in [7, 11) is 0. The van der Waals surface area contributed by atoms with Crippen LogP contribution in [0.2, 0.25) is 0 Å². The standard InChI is InChI=1S/2C10H18O3.Zr/c2*1-2-8-12-13-10(11)9-6-4-3-5-7-9;/h2*9H,2-8H2,1H3;. The van der Waals surface area contributed by atoms with Gasteiger partial charge >= 0.3 is 11.9 Å². The second-order valence-corrected chi connectivity index (χ2v) is 7.12. The first-order valence-corrected chi connectivity index (χ1v) is 10.4. The molecule has 2 aliphatic rings. The predicted octanol–water partition coefficient (Wildman–Crippen LogP) is 4.90. The first-order chi connectivity index (χ1) is 12.7. The Bertz CT molecular complexity index is 343. The van der Waals surface area contributed by atoms with Crippen LogP contribution in [0.4, 0.5) is 0 Å². The van der Waals surface area contributed by atoms with Crippen LogP contribution in [0.15, 0.2) is 0 Å². The molecule has 0 radical (unpaired) electrons. The second kappa shape index (κ2) is 17.8. The van der Waals surface area contributed by atoms with Crippen molar-refractivity contribution in [3.63, 3.8) is 0 Å². The molecule has 7 heteroatoms. The summed E-state index contributed by atoms with van der Waals surface area (Å²) in [6.07, 6.45) is 12.7.